The maximum Gasteiger partial charge on any atom is 0.252 e. The van der Waals surface area contributed by atoms with E-state index in [4.69, 9.17) is 11.6 Å². The number of rotatable bonds is 3. The zero-order valence-electron chi connectivity index (χ0n) is 11.7. The van der Waals surface area contributed by atoms with Crippen molar-refractivity contribution in [2.45, 2.75) is 18.9 Å². The Labute approximate surface area is 128 Å². The third-order valence-corrected chi connectivity index (χ3v) is 4.07. The van der Waals surface area contributed by atoms with E-state index in [2.05, 4.69) is 21.7 Å². The summed E-state index contributed by atoms with van der Waals surface area (Å²) in [6, 6.07) is 9.66. The lowest BCUT2D eigenvalue weighted by Gasteiger charge is -2.15. The van der Waals surface area contributed by atoms with E-state index in [1.54, 1.807) is 19.2 Å². The highest BCUT2D eigenvalue weighted by atomic mass is 35.5. The van der Waals surface area contributed by atoms with Gasteiger partial charge in [0.2, 0.25) is 0 Å². The number of amides is 1. The molecule has 1 atom stereocenters. The molecule has 21 heavy (non-hydrogen) atoms. The van der Waals surface area contributed by atoms with E-state index in [0.717, 1.165) is 24.2 Å². The molecule has 3 rings (SSSR count). The number of fused-ring (bicyclic) bond motifs is 1. The van der Waals surface area contributed by atoms with Crippen LogP contribution >= 0.6 is 11.6 Å². The van der Waals surface area contributed by atoms with E-state index in [1.807, 2.05) is 18.3 Å². The molecule has 0 saturated carbocycles. The molecule has 2 N–H and O–H groups in total. The summed E-state index contributed by atoms with van der Waals surface area (Å²) in [7, 11) is 1.59. The van der Waals surface area contributed by atoms with Gasteiger partial charge in [0.1, 0.15) is 0 Å². The molecule has 1 aromatic heterocycles. The highest BCUT2D eigenvalue weighted by molar-refractivity contribution is 6.34. The van der Waals surface area contributed by atoms with Gasteiger partial charge in [-0.2, -0.15) is 0 Å². The SMILES string of the molecule is CNC(=O)c1cc(NC2CCc3cccnc32)ccc1Cl. The molecule has 1 aromatic carbocycles. The normalized spacial score (nSPS) is 16.4. The van der Waals surface area contributed by atoms with Gasteiger partial charge < -0.3 is 10.6 Å². The standard InChI is InChI=1S/C16H16ClN3O/c1-18-16(21)12-9-11(5-6-13(12)17)20-14-7-4-10-3-2-8-19-15(10)14/h2-3,5-6,8-9,14,20H,4,7H2,1H3,(H,18,21). The van der Waals surface area contributed by atoms with Crippen LogP contribution in [0.15, 0.2) is 36.5 Å². The number of nitrogens with zero attached hydrogens (tertiary/aromatic N) is 1. The summed E-state index contributed by atoms with van der Waals surface area (Å²) >= 11 is 6.07. The van der Waals surface area contributed by atoms with Gasteiger partial charge in [-0.25, -0.2) is 0 Å². The van der Waals surface area contributed by atoms with Crippen LogP contribution in [0, 0.1) is 0 Å². The molecule has 4 nitrogen and oxygen atoms in total. The zero-order valence-corrected chi connectivity index (χ0v) is 12.4. The first-order valence-corrected chi connectivity index (χ1v) is 7.29. The van der Waals surface area contributed by atoms with Gasteiger partial charge in [-0.05, 0) is 42.7 Å². The fraction of sp³-hybridized carbons (Fsp3) is 0.250. The summed E-state index contributed by atoms with van der Waals surface area (Å²) in [4.78, 5) is 16.2. The second-order valence-electron chi connectivity index (χ2n) is 5.06. The van der Waals surface area contributed by atoms with Gasteiger partial charge in [-0.15, -0.1) is 0 Å². The van der Waals surface area contributed by atoms with Crippen molar-refractivity contribution in [2.75, 3.05) is 12.4 Å². The lowest BCUT2D eigenvalue weighted by atomic mass is 10.1. The molecular weight excluding hydrogens is 286 g/mol. The van der Waals surface area contributed by atoms with E-state index in [1.165, 1.54) is 5.56 Å². The lowest BCUT2D eigenvalue weighted by Crippen LogP contribution is -2.18. The minimum Gasteiger partial charge on any atom is -0.377 e. The third kappa shape index (κ3) is 2.72. The number of benzene rings is 1. The van der Waals surface area contributed by atoms with Gasteiger partial charge in [0.15, 0.2) is 0 Å². The topological polar surface area (TPSA) is 54.0 Å². The average Bonchev–Trinajstić information content (AvgIpc) is 2.92. The van der Waals surface area contributed by atoms with E-state index in [-0.39, 0.29) is 11.9 Å². The predicted molar refractivity (Wildman–Crippen MR) is 83.8 cm³/mol. The van der Waals surface area contributed by atoms with Crippen LogP contribution in [0.4, 0.5) is 5.69 Å². The fourth-order valence-corrected chi connectivity index (χ4v) is 2.88. The van der Waals surface area contributed by atoms with E-state index < -0.39 is 0 Å². The van der Waals surface area contributed by atoms with E-state index in [9.17, 15) is 4.79 Å². The quantitative estimate of drug-likeness (QED) is 0.915. The highest BCUT2D eigenvalue weighted by Gasteiger charge is 2.23. The Morgan fingerprint density at radius 3 is 3.05 bits per heavy atom. The molecule has 0 aliphatic heterocycles. The Bertz CT molecular complexity index is 687. The average molecular weight is 302 g/mol. The Kier molecular flexibility index (Phi) is 3.80. The summed E-state index contributed by atoms with van der Waals surface area (Å²) in [5.74, 6) is -0.186. The second-order valence-corrected chi connectivity index (χ2v) is 5.46. The van der Waals surface area contributed by atoms with Crippen molar-refractivity contribution in [1.29, 1.82) is 0 Å². The summed E-state index contributed by atoms with van der Waals surface area (Å²) in [6.45, 7) is 0. The number of hydrogen-bond acceptors (Lipinski definition) is 3. The molecule has 0 saturated heterocycles. The fourth-order valence-electron chi connectivity index (χ4n) is 2.68. The van der Waals surface area contributed by atoms with Crippen LogP contribution < -0.4 is 10.6 Å². The number of halogens is 1. The lowest BCUT2D eigenvalue weighted by molar-refractivity contribution is 0.0963. The molecule has 0 fully saturated rings. The van der Waals surface area contributed by atoms with Crippen molar-refractivity contribution in [1.82, 2.24) is 10.3 Å². The van der Waals surface area contributed by atoms with Crippen LogP contribution in [0.25, 0.3) is 0 Å². The van der Waals surface area contributed by atoms with Crippen molar-refractivity contribution in [3.8, 4) is 0 Å². The zero-order chi connectivity index (χ0) is 14.8. The largest absolute Gasteiger partial charge is 0.377 e. The van der Waals surface area contributed by atoms with Crippen LogP contribution in [-0.2, 0) is 6.42 Å². The first kappa shape index (κ1) is 13.9. The monoisotopic (exact) mass is 301 g/mol. The number of hydrogen-bond donors (Lipinski definition) is 2. The number of carbonyl (C=O) groups excluding carboxylic acids is 1. The first-order chi connectivity index (χ1) is 10.2. The number of aromatic nitrogens is 1. The summed E-state index contributed by atoms with van der Waals surface area (Å²) in [5.41, 5.74) is 3.73. The molecule has 0 bridgehead atoms. The molecule has 1 unspecified atom stereocenters. The second kappa shape index (κ2) is 5.74. The van der Waals surface area contributed by atoms with Crippen LogP contribution in [0.3, 0.4) is 0 Å². The smallest absolute Gasteiger partial charge is 0.252 e. The summed E-state index contributed by atoms with van der Waals surface area (Å²) in [5, 5.41) is 6.49. The molecular formula is C16H16ClN3O. The van der Waals surface area contributed by atoms with Gasteiger partial charge in [-0.1, -0.05) is 17.7 Å². The Morgan fingerprint density at radius 2 is 2.24 bits per heavy atom. The Balaban J connectivity index is 1.85. The van der Waals surface area contributed by atoms with Gasteiger partial charge >= 0.3 is 0 Å². The predicted octanol–water partition coefficient (Wildman–Crippen LogP) is 3.19. The van der Waals surface area contributed by atoms with Crippen LogP contribution in [0.2, 0.25) is 5.02 Å². The van der Waals surface area contributed by atoms with Gasteiger partial charge in [0.05, 0.1) is 22.3 Å². The molecule has 1 amide bonds. The van der Waals surface area contributed by atoms with Gasteiger partial charge in [0, 0.05) is 18.9 Å². The summed E-state index contributed by atoms with van der Waals surface area (Å²) in [6.07, 6.45) is 3.84. The Hall–Kier alpha value is -2.07. The minimum atomic E-state index is -0.186. The molecule has 108 valence electrons. The maximum atomic E-state index is 11.8. The van der Waals surface area contributed by atoms with Crippen molar-refractivity contribution in [2.24, 2.45) is 0 Å². The molecule has 2 aromatic rings. The van der Waals surface area contributed by atoms with Crippen molar-refractivity contribution in [3.63, 3.8) is 0 Å². The van der Waals surface area contributed by atoms with Crippen LogP contribution in [-0.4, -0.2) is 17.9 Å². The van der Waals surface area contributed by atoms with Crippen LogP contribution in [0.5, 0.6) is 0 Å². The molecule has 1 aliphatic rings. The third-order valence-electron chi connectivity index (χ3n) is 3.74. The molecule has 1 heterocycles. The number of aryl methyl sites for hydroxylation is 1. The first-order valence-electron chi connectivity index (χ1n) is 6.91. The van der Waals surface area contributed by atoms with Crippen molar-refractivity contribution in [3.05, 3.63) is 58.4 Å². The Morgan fingerprint density at radius 1 is 1.38 bits per heavy atom. The molecule has 1 aliphatic carbocycles. The van der Waals surface area contributed by atoms with E-state index in [0.29, 0.717) is 10.6 Å². The maximum absolute atomic E-state index is 11.8. The molecule has 0 radical (unpaired) electrons. The van der Waals surface area contributed by atoms with E-state index >= 15 is 0 Å². The number of anilines is 1. The van der Waals surface area contributed by atoms with Crippen LogP contribution in [0.1, 0.15) is 34.1 Å². The molecule has 0 spiro atoms. The molecule has 5 heteroatoms. The minimum absolute atomic E-state index is 0.180. The summed E-state index contributed by atoms with van der Waals surface area (Å²) < 4.78 is 0. The van der Waals surface area contributed by atoms with Gasteiger partial charge in [-0.3, -0.25) is 9.78 Å². The highest BCUT2D eigenvalue weighted by Crippen LogP contribution is 2.32. The number of nitrogens with one attached hydrogen (secondary N) is 2. The van der Waals surface area contributed by atoms with Crippen molar-refractivity contribution >= 4 is 23.2 Å². The number of carbonyl (C=O) groups is 1. The number of pyridine rings is 1. The van der Waals surface area contributed by atoms with Crippen molar-refractivity contribution < 1.29 is 4.79 Å². The van der Waals surface area contributed by atoms with Gasteiger partial charge in [0.25, 0.3) is 5.91 Å².